The van der Waals surface area contributed by atoms with Gasteiger partial charge in [0.1, 0.15) is 0 Å². The Kier molecular flexibility index (Phi) is 4.99. The average Bonchev–Trinajstić information content (AvgIpc) is 3.00. The molecule has 0 aliphatic carbocycles. The third-order valence-electron chi connectivity index (χ3n) is 5.32. The lowest BCUT2D eigenvalue weighted by atomic mass is 9.87. The van der Waals surface area contributed by atoms with Crippen molar-refractivity contribution in [2.24, 2.45) is 0 Å². The van der Waals surface area contributed by atoms with Gasteiger partial charge in [0.15, 0.2) is 11.6 Å². The van der Waals surface area contributed by atoms with E-state index in [1.165, 1.54) is 12.5 Å². The van der Waals surface area contributed by atoms with Crippen LogP contribution in [-0.2, 0) is 5.41 Å². The van der Waals surface area contributed by atoms with Crippen LogP contribution in [0, 0.1) is 0 Å². The SMILES string of the molecule is CC(=O)c1ccc(NC(=O)Nc2cccnc2N2CC(C)(C)c3ccccc32)cc1. The summed E-state index contributed by atoms with van der Waals surface area (Å²) in [5, 5.41) is 5.71. The molecule has 3 aromatic rings. The van der Waals surface area contributed by atoms with E-state index in [0.717, 1.165) is 12.2 Å². The molecule has 0 fully saturated rings. The zero-order valence-electron chi connectivity index (χ0n) is 17.3. The van der Waals surface area contributed by atoms with E-state index in [0.29, 0.717) is 22.8 Å². The number of para-hydroxylation sites is 1. The van der Waals surface area contributed by atoms with Crippen molar-refractivity contribution >= 4 is 34.7 Å². The van der Waals surface area contributed by atoms with Gasteiger partial charge in [-0.2, -0.15) is 0 Å². The van der Waals surface area contributed by atoms with Gasteiger partial charge in [0.25, 0.3) is 0 Å². The van der Waals surface area contributed by atoms with Gasteiger partial charge in [-0.1, -0.05) is 32.0 Å². The van der Waals surface area contributed by atoms with Gasteiger partial charge in [0.2, 0.25) is 0 Å². The molecule has 152 valence electrons. The van der Waals surface area contributed by atoms with Crippen LogP contribution in [0.4, 0.5) is 27.7 Å². The summed E-state index contributed by atoms with van der Waals surface area (Å²) in [6, 6.07) is 18.4. The van der Waals surface area contributed by atoms with E-state index in [4.69, 9.17) is 0 Å². The van der Waals surface area contributed by atoms with Crippen LogP contribution in [0.3, 0.4) is 0 Å². The molecule has 1 aromatic heterocycles. The quantitative estimate of drug-likeness (QED) is 0.579. The summed E-state index contributed by atoms with van der Waals surface area (Å²) in [6.45, 7) is 6.70. The second-order valence-corrected chi connectivity index (χ2v) is 8.07. The van der Waals surface area contributed by atoms with Crippen LogP contribution >= 0.6 is 0 Å². The Balaban J connectivity index is 1.56. The Hall–Kier alpha value is -3.67. The van der Waals surface area contributed by atoms with Gasteiger partial charge in [-0.15, -0.1) is 0 Å². The van der Waals surface area contributed by atoms with Crippen molar-refractivity contribution in [3.05, 3.63) is 78.0 Å². The molecular weight excluding hydrogens is 376 g/mol. The van der Waals surface area contributed by atoms with E-state index in [9.17, 15) is 9.59 Å². The van der Waals surface area contributed by atoms with E-state index in [-0.39, 0.29) is 17.2 Å². The maximum atomic E-state index is 12.6. The predicted molar refractivity (Wildman–Crippen MR) is 120 cm³/mol. The van der Waals surface area contributed by atoms with Gasteiger partial charge < -0.3 is 15.5 Å². The Labute approximate surface area is 175 Å². The van der Waals surface area contributed by atoms with Crippen molar-refractivity contribution in [1.29, 1.82) is 0 Å². The fourth-order valence-corrected chi connectivity index (χ4v) is 3.82. The number of Topliss-reactive ketones (excluding diaryl/α,β-unsaturated/α-hetero) is 1. The van der Waals surface area contributed by atoms with Crippen LogP contribution in [0.25, 0.3) is 0 Å². The summed E-state index contributed by atoms with van der Waals surface area (Å²) >= 11 is 0. The smallest absolute Gasteiger partial charge is 0.323 e. The minimum atomic E-state index is -0.369. The number of amides is 2. The number of hydrogen-bond acceptors (Lipinski definition) is 4. The summed E-state index contributed by atoms with van der Waals surface area (Å²) < 4.78 is 0. The lowest BCUT2D eigenvalue weighted by Gasteiger charge is -2.23. The number of carbonyl (C=O) groups excluding carboxylic acids is 2. The minimum Gasteiger partial charge on any atom is -0.324 e. The highest BCUT2D eigenvalue weighted by molar-refractivity contribution is 6.02. The van der Waals surface area contributed by atoms with Crippen molar-refractivity contribution < 1.29 is 9.59 Å². The molecule has 0 radical (unpaired) electrons. The van der Waals surface area contributed by atoms with Crippen LogP contribution in [0.1, 0.15) is 36.7 Å². The molecule has 1 aliphatic rings. The molecule has 2 amide bonds. The number of anilines is 4. The number of rotatable bonds is 4. The Bertz CT molecular complexity index is 1110. The molecule has 0 bridgehead atoms. The first kappa shape index (κ1) is 19.6. The van der Waals surface area contributed by atoms with Gasteiger partial charge >= 0.3 is 6.03 Å². The highest BCUT2D eigenvalue weighted by Crippen LogP contribution is 2.45. The number of pyridine rings is 1. The van der Waals surface area contributed by atoms with Crippen LogP contribution in [-0.4, -0.2) is 23.3 Å². The molecule has 2 heterocycles. The lowest BCUT2D eigenvalue weighted by molar-refractivity contribution is 0.101. The fraction of sp³-hybridized carbons (Fsp3) is 0.208. The van der Waals surface area contributed by atoms with Crippen molar-refractivity contribution in [2.75, 3.05) is 22.1 Å². The van der Waals surface area contributed by atoms with E-state index in [2.05, 4.69) is 46.5 Å². The largest absolute Gasteiger partial charge is 0.324 e. The van der Waals surface area contributed by atoms with E-state index in [1.54, 1.807) is 36.5 Å². The Morgan fingerprint density at radius 2 is 1.70 bits per heavy atom. The zero-order chi connectivity index (χ0) is 21.3. The molecule has 6 nitrogen and oxygen atoms in total. The molecule has 1 aliphatic heterocycles. The normalized spacial score (nSPS) is 14.2. The van der Waals surface area contributed by atoms with Crippen molar-refractivity contribution in [2.45, 2.75) is 26.2 Å². The van der Waals surface area contributed by atoms with Crippen LogP contribution < -0.4 is 15.5 Å². The third kappa shape index (κ3) is 3.76. The number of benzene rings is 2. The number of fused-ring (bicyclic) bond motifs is 1. The molecule has 0 atom stereocenters. The van der Waals surface area contributed by atoms with E-state index >= 15 is 0 Å². The molecular formula is C24H24N4O2. The Morgan fingerprint density at radius 3 is 2.43 bits per heavy atom. The summed E-state index contributed by atoms with van der Waals surface area (Å²) in [6.07, 6.45) is 1.73. The average molecular weight is 400 g/mol. The molecule has 2 aromatic carbocycles. The highest BCUT2D eigenvalue weighted by Gasteiger charge is 2.36. The summed E-state index contributed by atoms with van der Waals surface area (Å²) in [5.74, 6) is 0.692. The molecule has 6 heteroatoms. The summed E-state index contributed by atoms with van der Waals surface area (Å²) in [4.78, 5) is 30.7. The van der Waals surface area contributed by atoms with Gasteiger partial charge in [-0.25, -0.2) is 9.78 Å². The van der Waals surface area contributed by atoms with Crippen LogP contribution in [0.5, 0.6) is 0 Å². The number of urea groups is 1. The van der Waals surface area contributed by atoms with Gasteiger partial charge in [-0.05, 0) is 55.0 Å². The minimum absolute atomic E-state index is 0.0141. The molecule has 0 spiro atoms. The monoisotopic (exact) mass is 400 g/mol. The molecule has 0 unspecified atom stereocenters. The second-order valence-electron chi connectivity index (χ2n) is 8.07. The van der Waals surface area contributed by atoms with Crippen molar-refractivity contribution in [3.8, 4) is 0 Å². The van der Waals surface area contributed by atoms with E-state index < -0.39 is 0 Å². The third-order valence-corrected chi connectivity index (χ3v) is 5.32. The first-order valence-electron chi connectivity index (χ1n) is 9.86. The van der Waals surface area contributed by atoms with Crippen molar-refractivity contribution in [1.82, 2.24) is 4.98 Å². The number of nitrogens with zero attached hydrogens (tertiary/aromatic N) is 2. The summed E-state index contributed by atoms with van der Waals surface area (Å²) in [5.41, 5.74) is 4.18. The number of hydrogen-bond donors (Lipinski definition) is 2. The maximum absolute atomic E-state index is 12.6. The fourth-order valence-electron chi connectivity index (χ4n) is 3.82. The second kappa shape index (κ2) is 7.63. The molecule has 2 N–H and O–H groups in total. The highest BCUT2D eigenvalue weighted by atomic mass is 16.2. The molecule has 30 heavy (non-hydrogen) atoms. The maximum Gasteiger partial charge on any atom is 0.323 e. The van der Waals surface area contributed by atoms with Gasteiger partial charge in [-0.3, -0.25) is 4.79 Å². The zero-order valence-corrected chi connectivity index (χ0v) is 17.3. The molecule has 4 rings (SSSR count). The van der Waals surface area contributed by atoms with Crippen LogP contribution in [0.15, 0.2) is 66.9 Å². The van der Waals surface area contributed by atoms with E-state index in [1.807, 2.05) is 18.2 Å². The Morgan fingerprint density at radius 1 is 0.967 bits per heavy atom. The summed E-state index contributed by atoms with van der Waals surface area (Å²) in [7, 11) is 0. The number of carbonyl (C=O) groups is 2. The first-order chi connectivity index (χ1) is 14.3. The van der Waals surface area contributed by atoms with Gasteiger partial charge in [0.05, 0.1) is 5.69 Å². The number of aromatic nitrogens is 1. The standard InChI is InChI=1S/C24H24N4O2/c1-16(29)17-10-12-18(13-11-17)26-23(30)27-20-8-6-14-25-22(20)28-15-24(2,3)19-7-4-5-9-21(19)28/h4-14H,15H2,1-3H3,(H2,26,27,30). The lowest BCUT2D eigenvalue weighted by Crippen LogP contribution is -2.27. The van der Waals surface area contributed by atoms with Gasteiger partial charge in [0, 0.05) is 35.1 Å². The van der Waals surface area contributed by atoms with Crippen molar-refractivity contribution in [3.63, 3.8) is 0 Å². The molecule has 0 saturated heterocycles. The number of nitrogens with one attached hydrogen (secondary N) is 2. The predicted octanol–water partition coefficient (Wildman–Crippen LogP) is 5.36. The topological polar surface area (TPSA) is 74.3 Å². The first-order valence-corrected chi connectivity index (χ1v) is 9.86. The molecule has 0 saturated carbocycles. The number of ketones is 1. The van der Waals surface area contributed by atoms with Crippen LogP contribution in [0.2, 0.25) is 0 Å².